The first-order chi connectivity index (χ1) is 9.47. The highest BCUT2D eigenvalue weighted by atomic mass is 19.4. The predicted octanol–water partition coefficient (Wildman–Crippen LogP) is 5.72. The van der Waals surface area contributed by atoms with Crippen LogP contribution < -0.4 is 5.32 Å². The summed E-state index contributed by atoms with van der Waals surface area (Å²) >= 11 is 0. The maximum Gasteiger partial charge on any atom is 0.416 e. The molecule has 1 saturated carbocycles. The van der Waals surface area contributed by atoms with E-state index in [1.54, 1.807) is 0 Å². The Morgan fingerprint density at radius 3 is 1.86 bits per heavy atom. The summed E-state index contributed by atoms with van der Waals surface area (Å²) in [5, 5.41) is 3.40. The first-order valence-electron chi connectivity index (χ1n) is 7.41. The van der Waals surface area contributed by atoms with Crippen LogP contribution in [0.15, 0.2) is 24.3 Å². The van der Waals surface area contributed by atoms with E-state index in [-0.39, 0.29) is 10.8 Å². The topological polar surface area (TPSA) is 12.0 Å². The van der Waals surface area contributed by atoms with E-state index in [1.165, 1.54) is 18.6 Å². The molecule has 1 aromatic rings. The SMILES string of the molecule is CC1(C)CC(Nc2ccc(C(F)(F)F)cc2)CC(C)(C)C1. The molecule has 1 N–H and O–H groups in total. The van der Waals surface area contributed by atoms with E-state index in [4.69, 9.17) is 0 Å². The number of benzene rings is 1. The van der Waals surface area contributed by atoms with E-state index in [0.29, 0.717) is 6.04 Å². The van der Waals surface area contributed by atoms with Gasteiger partial charge in [0.15, 0.2) is 0 Å². The van der Waals surface area contributed by atoms with Gasteiger partial charge in [-0.3, -0.25) is 0 Å². The maximum absolute atomic E-state index is 12.6. The lowest BCUT2D eigenvalue weighted by Crippen LogP contribution is -2.40. The summed E-state index contributed by atoms with van der Waals surface area (Å²) in [6.45, 7) is 9.04. The van der Waals surface area contributed by atoms with Crippen molar-refractivity contribution in [1.29, 1.82) is 0 Å². The average molecular weight is 299 g/mol. The molecule has 21 heavy (non-hydrogen) atoms. The minimum Gasteiger partial charge on any atom is -0.382 e. The zero-order valence-corrected chi connectivity index (χ0v) is 13.1. The van der Waals surface area contributed by atoms with Gasteiger partial charge in [-0.05, 0) is 54.4 Å². The quantitative estimate of drug-likeness (QED) is 0.736. The molecule has 1 fully saturated rings. The molecule has 4 heteroatoms. The summed E-state index contributed by atoms with van der Waals surface area (Å²) in [6, 6.07) is 5.64. The first kappa shape index (κ1) is 16.2. The van der Waals surface area contributed by atoms with Crippen molar-refractivity contribution in [2.45, 2.75) is 59.2 Å². The molecule has 0 unspecified atom stereocenters. The van der Waals surface area contributed by atoms with Crippen molar-refractivity contribution in [2.24, 2.45) is 10.8 Å². The number of halogens is 3. The molecule has 0 spiro atoms. The Morgan fingerprint density at radius 1 is 0.952 bits per heavy atom. The van der Waals surface area contributed by atoms with Crippen molar-refractivity contribution in [1.82, 2.24) is 0 Å². The molecule has 0 bridgehead atoms. The van der Waals surface area contributed by atoms with Crippen LogP contribution in [-0.2, 0) is 6.18 Å². The highest BCUT2D eigenvalue weighted by Crippen LogP contribution is 2.46. The molecule has 1 aliphatic rings. The van der Waals surface area contributed by atoms with Gasteiger partial charge in [0.25, 0.3) is 0 Å². The van der Waals surface area contributed by atoms with Gasteiger partial charge in [0.2, 0.25) is 0 Å². The van der Waals surface area contributed by atoms with E-state index in [9.17, 15) is 13.2 Å². The fraction of sp³-hybridized carbons (Fsp3) is 0.647. The molecular weight excluding hydrogens is 275 g/mol. The highest BCUT2D eigenvalue weighted by Gasteiger charge is 2.38. The summed E-state index contributed by atoms with van der Waals surface area (Å²) in [6.07, 6.45) is -1.02. The van der Waals surface area contributed by atoms with Crippen LogP contribution in [0.5, 0.6) is 0 Å². The fourth-order valence-corrected chi connectivity index (χ4v) is 3.94. The molecule has 0 heterocycles. The summed E-state index contributed by atoms with van der Waals surface area (Å²) in [5.74, 6) is 0. The summed E-state index contributed by atoms with van der Waals surface area (Å²) in [4.78, 5) is 0. The van der Waals surface area contributed by atoms with Crippen LogP contribution in [0.3, 0.4) is 0 Å². The third kappa shape index (κ3) is 4.39. The third-order valence-electron chi connectivity index (χ3n) is 4.14. The van der Waals surface area contributed by atoms with Crippen molar-refractivity contribution >= 4 is 5.69 Å². The van der Waals surface area contributed by atoms with Crippen LogP contribution in [0.25, 0.3) is 0 Å². The average Bonchev–Trinajstić information content (AvgIpc) is 2.23. The van der Waals surface area contributed by atoms with Crippen molar-refractivity contribution in [3.8, 4) is 0 Å². The number of hydrogen-bond donors (Lipinski definition) is 1. The zero-order valence-electron chi connectivity index (χ0n) is 13.1. The fourth-order valence-electron chi connectivity index (χ4n) is 3.94. The Labute approximate surface area is 124 Å². The van der Waals surface area contributed by atoms with Gasteiger partial charge in [0.1, 0.15) is 0 Å². The van der Waals surface area contributed by atoms with E-state index in [2.05, 4.69) is 33.0 Å². The molecule has 0 amide bonds. The second kappa shape index (κ2) is 5.22. The van der Waals surface area contributed by atoms with Gasteiger partial charge in [-0.1, -0.05) is 27.7 Å². The Morgan fingerprint density at radius 2 is 1.43 bits per heavy atom. The highest BCUT2D eigenvalue weighted by molar-refractivity contribution is 5.46. The van der Waals surface area contributed by atoms with E-state index in [0.717, 1.165) is 30.7 Å². The lowest BCUT2D eigenvalue weighted by molar-refractivity contribution is -0.137. The second-order valence-electron chi connectivity index (χ2n) is 7.83. The van der Waals surface area contributed by atoms with Crippen LogP contribution in [-0.4, -0.2) is 6.04 Å². The van der Waals surface area contributed by atoms with Crippen LogP contribution in [0.4, 0.5) is 18.9 Å². The monoisotopic (exact) mass is 299 g/mol. The van der Waals surface area contributed by atoms with Crippen molar-refractivity contribution in [3.63, 3.8) is 0 Å². The number of nitrogens with one attached hydrogen (secondary N) is 1. The minimum absolute atomic E-state index is 0.255. The Hall–Kier alpha value is -1.19. The van der Waals surface area contributed by atoms with E-state index >= 15 is 0 Å². The number of rotatable bonds is 2. The van der Waals surface area contributed by atoms with Crippen LogP contribution in [0.1, 0.15) is 52.5 Å². The number of alkyl halides is 3. The summed E-state index contributed by atoms with van der Waals surface area (Å²) < 4.78 is 37.7. The zero-order chi connectivity index (χ0) is 15.9. The van der Waals surface area contributed by atoms with Crippen molar-refractivity contribution in [3.05, 3.63) is 29.8 Å². The molecule has 0 aliphatic heterocycles. The molecule has 0 saturated heterocycles. The maximum atomic E-state index is 12.6. The Kier molecular flexibility index (Phi) is 4.02. The molecule has 118 valence electrons. The standard InChI is InChI=1S/C17H24F3N/c1-15(2)9-14(10-16(3,4)11-15)21-13-7-5-12(6-8-13)17(18,19)20/h5-8,14,21H,9-11H2,1-4H3. The number of anilines is 1. The first-order valence-corrected chi connectivity index (χ1v) is 7.41. The minimum atomic E-state index is -4.27. The number of hydrogen-bond acceptors (Lipinski definition) is 1. The van der Waals surface area contributed by atoms with Gasteiger partial charge in [-0.2, -0.15) is 13.2 Å². The normalized spacial score (nSPS) is 22.0. The smallest absolute Gasteiger partial charge is 0.382 e. The van der Waals surface area contributed by atoms with Crippen LogP contribution >= 0.6 is 0 Å². The third-order valence-corrected chi connectivity index (χ3v) is 4.14. The molecule has 1 aromatic carbocycles. The molecule has 0 radical (unpaired) electrons. The largest absolute Gasteiger partial charge is 0.416 e. The Bertz CT molecular complexity index is 470. The lowest BCUT2D eigenvalue weighted by Gasteiger charge is -2.45. The van der Waals surface area contributed by atoms with Gasteiger partial charge in [-0.15, -0.1) is 0 Å². The molecule has 0 atom stereocenters. The van der Waals surface area contributed by atoms with E-state index in [1.807, 2.05) is 0 Å². The van der Waals surface area contributed by atoms with Gasteiger partial charge in [-0.25, -0.2) is 0 Å². The lowest BCUT2D eigenvalue weighted by atomic mass is 9.63. The molecule has 0 aromatic heterocycles. The van der Waals surface area contributed by atoms with Gasteiger partial charge in [0, 0.05) is 11.7 Å². The van der Waals surface area contributed by atoms with Gasteiger partial charge < -0.3 is 5.32 Å². The van der Waals surface area contributed by atoms with Crippen molar-refractivity contribution < 1.29 is 13.2 Å². The molecule has 1 nitrogen and oxygen atoms in total. The second-order valence-corrected chi connectivity index (χ2v) is 7.83. The molecular formula is C17H24F3N. The Balaban J connectivity index is 2.08. The van der Waals surface area contributed by atoms with Crippen LogP contribution in [0.2, 0.25) is 0 Å². The summed E-state index contributed by atoms with van der Waals surface area (Å²) in [5.41, 5.74) is 0.676. The van der Waals surface area contributed by atoms with Gasteiger partial charge in [0.05, 0.1) is 5.56 Å². The summed E-state index contributed by atoms with van der Waals surface area (Å²) in [7, 11) is 0. The van der Waals surface area contributed by atoms with Gasteiger partial charge >= 0.3 is 6.18 Å². The van der Waals surface area contributed by atoms with Crippen molar-refractivity contribution in [2.75, 3.05) is 5.32 Å². The molecule has 1 aliphatic carbocycles. The molecule has 2 rings (SSSR count). The van der Waals surface area contributed by atoms with E-state index < -0.39 is 11.7 Å². The predicted molar refractivity (Wildman–Crippen MR) is 80.3 cm³/mol. The van der Waals surface area contributed by atoms with Crippen LogP contribution in [0, 0.1) is 10.8 Å².